The van der Waals surface area contributed by atoms with Gasteiger partial charge in [0.15, 0.2) is 0 Å². The van der Waals surface area contributed by atoms with Crippen LogP contribution >= 0.6 is 0 Å². The number of halogens is 12. The predicted molar refractivity (Wildman–Crippen MR) is 250 cm³/mol. The van der Waals surface area contributed by atoms with E-state index in [4.69, 9.17) is 0 Å². The van der Waals surface area contributed by atoms with E-state index in [0.717, 1.165) is 55.6 Å². The first-order chi connectivity index (χ1) is 32.1. The van der Waals surface area contributed by atoms with Gasteiger partial charge in [0.1, 0.15) is 0 Å². The number of fused-ring (bicyclic) bond motifs is 10. The van der Waals surface area contributed by atoms with Crippen molar-refractivity contribution in [1.82, 2.24) is 0 Å². The minimum atomic E-state index is -5.56. The smallest absolute Gasteiger partial charge is 0.194 e. The Bertz CT molecular complexity index is 3080. The molecule has 7 aliphatic rings. The molecule has 0 N–H and O–H groups in total. The van der Waals surface area contributed by atoms with E-state index in [1.807, 2.05) is 65.8 Å². The number of alkyl halides is 12. The van der Waals surface area contributed by atoms with Gasteiger partial charge in [-0.05, 0) is 206 Å². The van der Waals surface area contributed by atoms with Crippen molar-refractivity contribution in [2.45, 2.75) is 144 Å². The van der Waals surface area contributed by atoms with Crippen LogP contribution in [0.2, 0.25) is 0 Å². The summed E-state index contributed by atoms with van der Waals surface area (Å²) >= 11 is 0. The molecule has 0 saturated heterocycles. The van der Waals surface area contributed by atoms with Crippen LogP contribution in [-0.4, -0.2) is 35.5 Å². The molecule has 0 bridgehead atoms. The van der Waals surface area contributed by atoms with E-state index in [-0.39, 0.29) is 35.1 Å². The molecule has 12 heteroatoms. The molecule has 0 aromatic heterocycles. The van der Waals surface area contributed by atoms with Crippen molar-refractivity contribution in [3.8, 4) is 0 Å². The molecule has 0 aliphatic heterocycles. The average Bonchev–Trinajstić information content (AvgIpc) is 3.95. The van der Waals surface area contributed by atoms with Gasteiger partial charge < -0.3 is 0 Å². The second-order valence-corrected chi connectivity index (χ2v) is 21.8. The first kappa shape index (κ1) is 48.4. The van der Waals surface area contributed by atoms with E-state index in [0.29, 0.717) is 57.4 Å². The lowest BCUT2D eigenvalue weighted by molar-refractivity contribution is -0.263. The summed E-state index contributed by atoms with van der Waals surface area (Å²) in [7, 11) is 0. The molecule has 368 valence electrons. The van der Waals surface area contributed by atoms with Gasteiger partial charge in [-0.25, -0.2) is 0 Å². The Balaban J connectivity index is 0.000000162. The standard InChI is InChI=1S/2C29H26F6/c1-13-7-17-11-25(5)21(19(17)9-15(13)3)23-24(28(32,33)29(34,35)27(23,30)31)22-20-10-16(4)14(2)8-18(20)12-26(22,25)6;1-13-7-19-9-17(5)23(21(19)11-15(13)3)25-26(28(32,33)29(34,35)27(25,30)31)24-18(6)10-20-8-14(2)16(4)12-22(20)24/h7-10H,11-12H2,1-6H3;7-8,11-12H,9-10H2,1-6H3. The minimum absolute atomic E-state index is 0.0278. The molecule has 2 unspecified atom stereocenters. The quantitative estimate of drug-likeness (QED) is 0.176. The van der Waals surface area contributed by atoms with Gasteiger partial charge in [0, 0.05) is 33.1 Å². The molecule has 4 aromatic carbocycles. The van der Waals surface area contributed by atoms with Crippen molar-refractivity contribution < 1.29 is 52.7 Å². The highest BCUT2D eigenvalue weighted by molar-refractivity contribution is 6.00. The Hall–Kier alpha value is -5.26. The lowest BCUT2D eigenvalue weighted by atomic mass is 9.54. The van der Waals surface area contributed by atoms with Gasteiger partial charge in [0.05, 0.1) is 0 Å². The van der Waals surface area contributed by atoms with Crippen molar-refractivity contribution >= 4 is 22.3 Å². The summed E-state index contributed by atoms with van der Waals surface area (Å²) in [6, 6.07) is 14.2. The number of benzene rings is 4. The summed E-state index contributed by atoms with van der Waals surface area (Å²) in [6.07, 6.45) is 1.16. The Morgan fingerprint density at radius 1 is 0.300 bits per heavy atom. The first-order valence-corrected chi connectivity index (χ1v) is 23.5. The van der Waals surface area contributed by atoms with Crippen molar-refractivity contribution in [1.29, 1.82) is 0 Å². The van der Waals surface area contributed by atoms with Crippen LogP contribution in [0.1, 0.15) is 117 Å². The van der Waals surface area contributed by atoms with Crippen LogP contribution in [0.3, 0.4) is 0 Å². The minimum Gasteiger partial charge on any atom is -0.194 e. The topological polar surface area (TPSA) is 0 Å². The van der Waals surface area contributed by atoms with Gasteiger partial charge in [0.2, 0.25) is 0 Å². The molecular weight excluding hydrogens is 925 g/mol. The Labute approximate surface area is 400 Å². The summed E-state index contributed by atoms with van der Waals surface area (Å²) < 4.78 is 185. The highest BCUT2D eigenvalue weighted by Crippen LogP contribution is 2.77. The lowest BCUT2D eigenvalue weighted by Crippen LogP contribution is -2.49. The molecule has 2 atom stereocenters. The van der Waals surface area contributed by atoms with E-state index < -0.39 is 68.7 Å². The van der Waals surface area contributed by atoms with Gasteiger partial charge in [-0.1, -0.05) is 73.5 Å². The number of aryl methyl sites for hydroxylation is 8. The van der Waals surface area contributed by atoms with Gasteiger partial charge in [0.25, 0.3) is 0 Å². The number of hydrogen-bond donors (Lipinski definition) is 0. The molecule has 7 aliphatic carbocycles. The van der Waals surface area contributed by atoms with Crippen LogP contribution in [0.15, 0.2) is 82.0 Å². The third kappa shape index (κ3) is 5.65. The van der Waals surface area contributed by atoms with Gasteiger partial charge in [-0.3, -0.25) is 0 Å². The van der Waals surface area contributed by atoms with Crippen molar-refractivity contribution in [3.63, 3.8) is 0 Å². The summed E-state index contributed by atoms with van der Waals surface area (Å²) in [5.74, 6) is -31.2. The maximum Gasteiger partial charge on any atom is 0.380 e. The average molecular weight is 977 g/mol. The first-order valence-electron chi connectivity index (χ1n) is 23.5. The second-order valence-electron chi connectivity index (χ2n) is 21.8. The van der Waals surface area contributed by atoms with Crippen molar-refractivity contribution in [2.75, 3.05) is 0 Å². The summed E-state index contributed by atoms with van der Waals surface area (Å²) in [5, 5.41) is 0. The zero-order valence-electron chi connectivity index (χ0n) is 41.0. The molecule has 0 radical (unpaired) electrons. The SMILES string of the molecule is CC1=C(C2=C(C3=C(C)Cc4cc(C)c(C)cc43)C(F)(F)C(F)(F)C2(F)F)c2cc(C)c(C)cc2C1.Cc1cc2c(cc1C)C1=C3C(=C4c5cc(C)c(C)cc5CC4(C)C1(C)C2)C(F)(F)C(F)(F)C3(F)F. The molecule has 4 aromatic rings. The number of allylic oxidation sites excluding steroid dienone is 10. The van der Waals surface area contributed by atoms with Crippen LogP contribution in [0.4, 0.5) is 52.7 Å². The predicted octanol–water partition coefficient (Wildman–Crippen LogP) is 16.7. The highest BCUT2D eigenvalue weighted by atomic mass is 19.4. The van der Waals surface area contributed by atoms with Crippen LogP contribution in [0, 0.1) is 66.2 Å². The Kier molecular flexibility index (Phi) is 9.84. The highest BCUT2D eigenvalue weighted by Gasteiger charge is 2.85. The van der Waals surface area contributed by atoms with Gasteiger partial charge in [-0.15, -0.1) is 0 Å². The van der Waals surface area contributed by atoms with Crippen LogP contribution < -0.4 is 0 Å². The monoisotopic (exact) mass is 976 g/mol. The molecule has 0 spiro atoms. The van der Waals surface area contributed by atoms with E-state index in [1.165, 1.54) is 0 Å². The molecule has 0 heterocycles. The number of hydrogen-bond acceptors (Lipinski definition) is 0. The maximum absolute atomic E-state index is 15.6. The van der Waals surface area contributed by atoms with Crippen LogP contribution in [-0.2, 0) is 25.7 Å². The van der Waals surface area contributed by atoms with E-state index in [9.17, 15) is 0 Å². The molecule has 70 heavy (non-hydrogen) atoms. The zero-order chi connectivity index (χ0) is 51.5. The van der Waals surface area contributed by atoms with E-state index in [2.05, 4.69) is 0 Å². The summed E-state index contributed by atoms with van der Waals surface area (Å²) in [4.78, 5) is 0. The van der Waals surface area contributed by atoms with Gasteiger partial charge in [-0.2, -0.15) is 52.7 Å². The largest absolute Gasteiger partial charge is 0.380 e. The van der Waals surface area contributed by atoms with Gasteiger partial charge >= 0.3 is 35.5 Å². The van der Waals surface area contributed by atoms with Crippen LogP contribution in [0.5, 0.6) is 0 Å². The maximum atomic E-state index is 15.6. The summed E-state index contributed by atoms with van der Waals surface area (Å²) in [6.45, 7) is 21.5. The molecule has 11 rings (SSSR count). The number of rotatable bonds is 2. The fourth-order valence-corrected chi connectivity index (χ4v) is 13.0. The molecule has 1 saturated carbocycles. The zero-order valence-corrected chi connectivity index (χ0v) is 41.0. The third-order valence-electron chi connectivity index (χ3n) is 17.5. The second kappa shape index (κ2) is 14.2. The van der Waals surface area contributed by atoms with E-state index in [1.54, 1.807) is 65.8 Å². The van der Waals surface area contributed by atoms with Crippen molar-refractivity contribution in [3.05, 3.63) is 171 Å². The normalized spacial score (nSPS) is 26.3. The molecule has 0 amide bonds. The lowest BCUT2D eigenvalue weighted by Gasteiger charge is -2.49. The fourth-order valence-electron chi connectivity index (χ4n) is 13.0. The van der Waals surface area contributed by atoms with Crippen molar-refractivity contribution in [2.24, 2.45) is 10.8 Å². The molecule has 0 nitrogen and oxygen atoms in total. The van der Waals surface area contributed by atoms with E-state index >= 15 is 52.7 Å². The molecular formula is C58H52F12. The molecule has 1 fully saturated rings. The van der Waals surface area contributed by atoms with Crippen LogP contribution in [0.25, 0.3) is 22.3 Å². The Morgan fingerprint density at radius 2 is 0.543 bits per heavy atom. The fraction of sp³-hybridized carbons (Fsp3) is 0.414. The summed E-state index contributed by atoms with van der Waals surface area (Å²) in [5.41, 5.74) is 4.79. The Morgan fingerprint density at radius 3 is 0.843 bits per heavy atom. The third-order valence-corrected chi connectivity index (χ3v) is 17.5.